The molecule has 1 spiro atoms. The molecule has 40 heavy (non-hydrogen) atoms. The van der Waals surface area contributed by atoms with Crippen molar-refractivity contribution in [3.8, 4) is 0 Å². The van der Waals surface area contributed by atoms with Crippen molar-refractivity contribution in [3.05, 3.63) is 71.3 Å². The maximum atomic E-state index is 14.2. The predicted molar refractivity (Wildman–Crippen MR) is 168 cm³/mol. The zero-order valence-corrected chi connectivity index (χ0v) is 26.1. The molecule has 1 saturated heterocycles. The molecular formula is C37H54N2O. The van der Waals surface area contributed by atoms with Crippen molar-refractivity contribution in [1.82, 2.24) is 9.80 Å². The summed E-state index contributed by atoms with van der Waals surface area (Å²) in [7, 11) is 0. The molecule has 1 heterocycles. The van der Waals surface area contributed by atoms with Crippen molar-refractivity contribution in [1.29, 1.82) is 0 Å². The standard InChI is InChI=1S/C37H54N2O/c1-6-14-29(3)25-36(32-18-9-8-10-19-32)21-23-37(24-22-36)28-38(34(40)39(37)26-30-15-13-16-30)27-31-17-11-12-20-33(31)35(4,5)7-2/h8-12,17-20,29-30H,6-7,13-16,21-28H2,1-5H3. The fourth-order valence-corrected chi connectivity index (χ4v) is 8.21. The van der Waals surface area contributed by atoms with E-state index in [4.69, 9.17) is 0 Å². The highest BCUT2D eigenvalue weighted by atomic mass is 16.2. The van der Waals surface area contributed by atoms with Crippen molar-refractivity contribution >= 4 is 6.03 Å². The summed E-state index contributed by atoms with van der Waals surface area (Å²) in [5.41, 5.74) is 4.57. The number of amides is 2. The van der Waals surface area contributed by atoms with Gasteiger partial charge in [-0.25, -0.2) is 4.79 Å². The van der Waals surface area contributed by atoms with Gasteiger partial charge in [0.2, 0.25) is 0 Å². The fraction of sp³-hybridized carbons (Fsp3) is 0.649. The van der Waals surface area contributed by atoms with Crippen LogP contribution in [0.2, 0.25) is 0 Å². The number of nitrogens with zero attached hydrogens (tertiary/aromatic N) is 2. The van der Waals surface area contributed by atoms with E-state index in [1.807, 2.05) is 0 Å². The topological polar surface area (TPSA) is 23.6 Å². The third kappa shape index (κ3) is 5.72. The summed E-state index contributed by atoms with van der Waals surface area (Å²) in [6, 6.07) is 20.5. The van der Waals surface area contributed by atoms with Crippen molar-refractivity contribution in [2.75, 3.05) is 13.1 Å². The Morgan fingerprint density at radius 2 is 1.62 bits per heavy atom. The Bertz CT molecular complexity index is 1130. The second-order valence-electron chi connectivity index (χ2n) is 14.4. The van der Waals surface area contributed by atoms with Crippen LogP contribution >= 0.6 is 0 Å². The molecule has 0 aromatic heterocycles. The molecule has 0 N–H and O–H groups in total. The highest BCUT2D eigenvalue weighted by Crippen LogP contribution is 2.52. The van der Waals surface area contributed by atoms with Crippen LogP contribution in [0, 0.1) is 11.8 Å². The van der Waals surface area contributed by atoms with Gasteiger partial charge in [0.05, 0.1) is 5.54 Å². The minimum Gasteiger partial charge on any atom is -0.318 e. The van der Waals surface area contributed by atoms with Crippen LogP contribution in [0.15, 0.2) is 54.6 Å². The predicted octanol–water partition coefficient (Wildman–Crippen LogP) is 9.49. The maximum Gasteiger partial charge on any atom is 0.320 e. The van der Waals surface area contributed by atoms with Gasteiger partial charge in [0, 0.05) is 19.6 Å². The van der Waals surface area contributed by atoms with Gasteiger partial charge in [0.15, 0.2) is 0 Å². The molecule has 3 aliphatic rings. The second-order valence-corrected chi connectivity index (χ2v) is 14.4. The Hall–Kier alpha value is -2.29. The summed E-state index contributed by atoms with van der Waals surface area (Å²) in [5.74, 6) is 1.42. The van der Waals surface area contributed by atoms with Crippen molar-refractivity contribution in [3.63, 3.8) is 0 Å². The minimum absolute atomic E-state index is 0.0197. The summed E-state index contributed by atoms with van der Waals surface area (Å²) >= 11 is 0. The van der Waals surface area contributed by atoms with E-state index in [0.717, 1.165) is 44.8 Å². The summed E-state index contributed by atoms with van der Waals surface area (Å²) < 4.78 is 0. The number of urea groups is 1. The molecule has 0 radical (unpaired) electrons. The number of carbonyl (C=O) groups excluding carboxylic acids is 1. The summed E-state index contributed by atoms with van der Waals surface area (Å²) in [5, 5.41) is 0. The average molecular weight is 543 g/mol. The van der Waals surface area contributed by atoms with E-state index in [1.54, 1.807) is 0 Å². The molecule has 3 nitrogen and oxygen atoms in total. The van der Waals surface area contributed by atoms with Crippen LogP contribution in [-0.4, -0.2) is 34.5 Å². The normalized spacial score (nSPS) is 26.4. The molecule has 5 rings (SSSR count). The second kappa shape index (κ2) is 11.9. The summed E-state index contributed by atoms with van der Waals surface area (Å²) in [6.45, 7) is 14.3. The molecule has 2 amide bonds. The number of carbonyl (C=O) groups is 1. The molecule has 0 bridgehead atoms. The van der Waals surface area contributed by atoms with Crippen LogP contribution in [0.4, 0.5) is 4.79 Å². The smallest absolute Gasteiger partial charge is 0.318 e. The molecule has 2 aromatic carbocycles. The lowest BCUT2D eigenvalue weighted by Crippen LogP contribution is -2.54. The first-order chi connectivity index (χ1) is 19.2. The van der Waals surface area contributed by atoms with Gasteiger partial charge in [-0.1, -0.05) is 108 Å². The van der Waals surface area contributed by atoms with Gasteiger partial charge in [-0.2, -0.15) is 0 Å². The van der Waals surface area contributed by atoms with E-state index >= 15 is 0 Å². The zero-order valence-electron chi connectivity index (χ0n) is 26.1. The Kier molecular flexibility index (Phi) is 8.69. The first-order valence-corrected chi connectivity index (χ1v) is 16.4. The van der Waals surface area contributed by atoms with E-state index in [0.29, 0.717) is 11.9 Å². The molecule has 2 aliphatic carbocycles. The van der Waals surface area contributed by atoms with Gasteiger partial charge in [0.25, 0.3) is 0 Å². The molecule has 1 atom stereocenters. The molecule has 1 aliphatic heterocycles. The van der Waals surface area contributed by atoms with E-state index in [9.17, 15) is 4.79 Å². The van der Waals surface area contributed by atoms with Crippen LogP contribution in [0.25, 0.3) is 0 Å². The zero-order chi connectivity index (χ0) is 28.4. The SMILES string of the molecule is CCCC(C)CC1(c2ccccc2)CCC2(CC1)CN(Cc1ccccc1C(C)(C)CC)C(=O)N2CC1CCC1. The quantitative estimate of drug-likeness (QED) is 0.277. The van der Waals surface area contributed by atoms with E-state index in [1.165, 1.54) is 68.1 Å². The first kappa shape index (κ1) is 29.2. The highest BCUT2D eigenvalue weighted by molar-refractivity contribution is 5.78. The van der Waals surface area contributed by atoms with Crippen molar-refractivity contribution in [2.24, 2.45) is 11.8 Å². The number of rotatable bonds is 11. The van der Waals surface area contributed by atoms with Gasteiger partial charge < -0.3 is 9.80 Å². The Labute approximate surface area is 244 Å². The fourth-order valence-electron chi connectivity index (χ4n) is 8.21. The van der Waals surface area contributed by atoms with Crippen LogP contribution in [0.3, 0.4) is 0 Å². The van der Waals surface area contributed by atoms with Gasteiger partial charge in [0.1, 0.15) is 0 Å². The van der Waals surface area contributed by atoms with Gasteiger partial charge in [-0.05, 0) is 90.7 Å². The Balaban J connectivity index is 1.42. The molecule has 3 heteroatoms. The monoisotopic (exact) mass is 542 g/mol. The minimum atomic E-state index is -0.0197. The van der Waals surface area contributed by atoms with Crippen LogP contribution in [0.5, 0.6) is 0 Å². The molecule has 2 aromatic rings. The summed E-state index contributed by atoms with van der Waals surface area (Å²) in [4.78, 5) is 18.8. The third-order valence-electron chi connectivity index (χ3n) is 11.3. The molecule has 218 valence electrons. The van der Waals surface area contributed by atoms with Crippen molar-refractivity contribution in [2.45, 2.75) is 128 Å². The third-order valence-corrected chi connectivity index (χ3v) is 11.3. The Morgan fingerprint density at radius 1 is 0.950 bits per heavy atom. The van der Waals surface area contributed by atoms with E-state index in [2.05, 4.69) is 99.0 Å². The van der Waals surface area contributed by atoms with Crippen LogP contribution in [0.1, 0.15) is 122 Å². The summed E-state index contributed by atoms with van der Waals surface area (Å²) in [6.07, 6.45) is 13.4. The molecule has 2 saturated carbocycles. The maximum absolute atomic E-state index is 14.2. The van der Waals surface area contributed by atoms with E-state index in [-0.39, 0.29) is 16.4 Å². The lowest BCUT2D eigenvalue weighted by molar-refractivity contribution is 0.0587. The van der Waals surface area contributed by atoms with Gasteiger partial charge >= 0.3 is 6.03 Å². The number of hydrogen-bond acceptors (Lipinski definition) is 1. The lowest BCUT2D eigenvalue weighted by atomic mass is 9.60. The highest BCUT2D eigenvalue weighted by Gasteiger charge is 2.54. The van der Waals surface area contributed by atoms with Crippen LogP contribution < -0.4 is 0 Å². The van der Waals surface area contributed by atoms with E-state index < -0.39 is 0 Å². The lowest BCUT2D eigenvalue weighted by Gasteiger charge is -2.50. The molecule has 1 unspecified atom stereocenters. The van der Waals surface area contributed by atoms with Crippen LogP contribution in [-0.2, 0) is 17.4 Å². The molecule has 3 fully saturated rings. The number of hydrogen-bond donors (Lipinski definition) is 0. The Morgan fingerprint density at radius 3 is 2.25 bits per heavy atom. The first-order valence-electron chi connectivity index (χ1n) is 16.4. The van der Waals surface area contributed by atoms with Gasteiger partial charge in [-0.15, -0.1) is 0 Å². The van der Waals surface area contributed by atoms with Crippen molar-refractivity contribution < 1.29 is 4.79 Å². The largest absolute Gasteiger partial charge is 0.320 e. The molecular weight excluding hydrogens is 488 g/mol. The number of benzene rings is 2. The van der Waals surface area contributed by atoms with Gasteiger partial charge in [-0.3, -0.25) is 0 Å². The average Bonchev–Trinajstić information content (AvgIpc) is 3.18.